The van der Waals surface area contributed by atoms with Crippen LogP contribution in [0.4, 0.5) is 0 Å². The number of nitrogens with one attached hydrogen (secondary N) is 1. The van der Waals surface area contributed by atoms with Gasteiger partial charge in [0.05, 0.1) is 18.9 Å². The maximum Gasteiger partial charge on any atom is 0.329 e. The zero-order valence-electron chi connectivity index (χ0n) is 15.3. The summed E-state index contributed by atoms with van der Waals surface area (Å²) in [6, 6.07) is 7.90. The lowest BCUT2D eigenvalue weighted by molar-refractivity contribution is -0.139. The maximum atomic E-state index is 12.5. The Morgan fingerprint density at radius 2 is 2.11 bits per heavy atom. The largest absolute Gasteiger partial charge is 0.465 e. The molecule has 2 aromatic heterocycles. The minimum Gasteiger partial charge on any atom is -0.465 e. The third-order valence-electron chi connectivity index (χ3n) is 4.02. The van der Waals surface area contributed by atoms with Gasteiger partial charge in [0.1, 0.15) is 0 Å². The molecule has 0 radical (unpaired) electrons. The Bertz CT molecular complexity index is 1110. The molecule has 0 bridgehead atoms. The van der Waals surface area contributed by atoms with E-state index in [1.165, 1.54) is 16.3 Å². The topological polar surface area (TPSA) is 99.0 Å². The summed E-state index contributed by atoms with van der Waals surface area (Å²) in [5.41, 5.74) is 1.62. The summed E-state index contributed by atoms with van der Waals surface area (Å²) in [7, 11) is 1.55. The van der Waals surface area contributed by atoms with E-state index in [4.69, 9.17) is 4.74 Å². The van der Waals surface area contributed by atoms with Crippen LogP contribution in [0.3, 0.4) is 0 Å². The van der Waals surface area contributed by atoms with E-state index in [2.05, 4.69) is 9.97 Å². The predicted molar refractivity (Wildman–Crippen MR) is 103 cm³/mol. The third kappa shape index (κ3) is 3.97. The Morgan fingerprint density at radius 1 is 1.33 bits per heavy atom. The first-order valence-electron chi connectivity index (χ1n) is 8.44. The molecule has 8 nitrogen and oxygen atoms in total. The summed E-state index contributed by atoms with van der Waals surface area (Å²) in [6.45, 7) is 4.42. The number of imidazole rings is 1. The van der Waals surface area contributed by atoms with Crippen LogP contribution in [0, 0.1) is 6.92 Å². The molecular formula is C18H20N4O4S. The van der Waals surface area contributed by atoms with Crippen molar-refractivity contribution >= 4 is 28.9 Å². The van der Waals surface area contributed by atoms with Gasteiger partial charge < -0.3 is 9.30 Å². The van der Waals surface area contributed by atoms with Gasteiger partial charge in [-0.3, -0.25) is 19.1 Å². The fraction of sp³-hybridized carbons (Fsp3) is 0.333. The van der Waals surface area contributed by atoms with Gasteiger partial charge in [-0.2, -0.15) is 0 Å². The van der Waals surface area contributed by atoms with E-state index in [9.17, 15) is 14.4 Å². The monoisotopic (exact) mass is 388 g/mol. The molecule has 9 heteroatoms. The molecule has 142 valence electrons. The van der Waals surface area contributed by atoms with Gasteiger partial charge in [-0.15, -0.1) is 0 Å². The number of rotatable bonds is 6. The minimum atomic E-state index is -0.533. The molecule has 0 aliphatic carbocycles. The van der Waals surface area contributed by atoms with Crippen molar-refractivity contribution in [2.24, 2.45) is 7.05 Å². The second-order valence-electron chi connectivity index (χ2n) is 6.05. The van der Waals surface area contributed by atoms with Crippen molar-refractivity contribution in [1.82, 2.24) is 19.1 Å². The Hall–Kier alpha value is -2.81. The highest BCUT2D eigenvalue weighted by atomic mass is 32.2. The number of carbonyl (C=O) groups is 1. The Kier molecular flexibility index (Phi) is 5.50. The molecule has 0 aliphatic heterocycles. The van der Waals surface area contributed by atoms with E-state index in [1.807, 2.05) is 31.2 Å². The van der Waals surface area contributed by atoms with Crippen molar-refractivity contribution in [3.8, 4) is 0 Å². The standard InChI is InChI=1S/C18H20N4O4S/c1-4-26-13(23)10-27-18-19-15-14(16(24)20-17(25)21(15)3)22(18)9-12-7-5-6-11(2)8-12/h5-8H,4,9-10H2,1-3H3,(H,20,24,25). The summed E-state index contributed by atoms with van der Waals surface area (Å²) in [5, 5.41) is 0.478. The molecule has 3 aromatic rings. The fourth-order valence-electron chi connectivity index (χ4n) is 2.79. The number of thioether (sulfide) groups is 1. The molecule has 0 unspecified atom stereocenters. The Balaban J connectivity index is 2.10. The molecule has 3 rings (SSSR count). The molecule has 0 saturated heterocycles. The number of nitrogens with zero attached hydrogens (tertiary/aromatic N) is 3. The average molecular weight is 388 g/mol. The van der Waals surface area contributed by atoms with Crippen LogP contribution in [0.25, 0.3) is 11.2 Å². The van der Waals surface area contributed by atoms with Crippen LogP contribution in [0.2, 0.25) is 0 Å². The van der Waals surface area contributed by atoms with Crippen molar-refractivity contribution in [2.45, 2.75) is 25.5 Å². The summed E-state index contributed by atoms with van der Waals surface area (Å²) < 4.78 is 7.98. The van der Waals surface area contributed by atoms with E-state index < -0.39 is 11.2 Å². The number of esters is 1. The summed E-state index contributed by atoms with van der Waals surface area (Å²) in [5.74, 6) is -0.295. The molecule has 0 spiro atoms. The number of hydrogen-bond acceptors (Lipinski definition) is 6. The first-order chi connectivity index (χ1) is 12.9. The highest BCUT2D eigenvalue weighted by Gasteiger charge is 2.19. The summed E-state index contributed by atoms with van der Waals surface area (Å²) in [4.78, 5) is 42.8. The maximum absolute atomic E-state index is 12.5. The van der Waals surface area contributed by atoms with Crippen LogP contribution < -0.4 is 11.2 Å². The van der Waals surface area contributed by atoms with Crippen molar-refractivity contribution in [1.29, 1.82) is 0 Å². The number of H-pyrrole nitrogens is 1. The summed E-state index contributed by atoms with van der Waals surface area (Å²) >= 11 is 1.18. The number of carbonyl (C=O) groups excluding carboxylic acids is 1. The lowest BCUT2D eigenvalue weighted by Crippen LogP contribution is -2.29. The molecular weight excluding hydrogens is 368 g/mol. The highest BCUT2D eigenvalue weighted by Crippen LogP contribution is 2.23. The molecule has 1 N–H and O–H groups in total. The molecule has 0 amide bonds. The van der Waals surface area contributed by atoms with E-state index in [0.717, 1.165) is 11.1 Å². The number of aromatic nitrogens is 4. The molecule has 0 atom stereocenters. The van der Waals surface area contributed by atoms with Crippen LogP contribution >= 0.6 is 11.8 Å². The molecule has 27 heavy (non-hydrogen) atoms. The fourth-order valence-corrected chi connectivity index (χ4v) is 3.58. The van der Waals surface area contributed by atoms with Gasteiger partial charge >= 0.3 is 11.7 Å². The SMILES string of the molecule is CCOC(=O)CSc1nc2c(c(=O)[nH]c(=O)n2C)n1Cc1cccc(C)c1. The van der Waals surface area contributed by atoms with Crippen molar-refractivity contribution in [3.63, 3.8) is 0 Å². The van der Waals surface area contributed by atoms with E-state index in [-0.39, 0.29) is 17.4 Å². The zero-order chi connectivity index (χ0) is 19.6. The second-order valence-corrected chi connectivity index (χ2v) is 7.00. The number of hydrogen-bond donors (Lipinski definition) is 1. The Morgan fingerprint density at radius 3 is 2.81 bits per heavy atom. The summed E-state index contributed by atoms with van der Waals surface area (Å²) in [6.07, 6.45) is 0. The van der Waals surface area contributed by atoms with Gasteiger partial charge in [-0.25, -0.2) is 9.78 Å². The van der Waals surface area contributed by atoms with Gasteiger partial charge in [-0.1, -0.05) is 41.6 Å². The predicted octanol–water partition coefficient (Wildman–Crippen LogP) is 1.44. The van der Waals surface area contributed by atoms with Gasteiger partial charge in [-0.05, 0) is 19.4 Å². The molecule has 2 heterocycles. The zero-order valence-corrected chi connectivity index (χ0v) is 16.1. The quantitative estimate of drug-likeness (QED) is 0.507. The van der Waals surface area contributed by atoms with Crippen LogP contribution in [-0.4, -0.2) is 37.4 Å². The lowest BCUT2D eigenvalue weighted by atomic mass is 10.1. The number of fused-ring (bicyclic) bond motifs is 1. The van der Waals surface area contributed by atoms with Crippen molar-refractivity contribution < 1.29 is 9.53 Å². The Labute approximate surface area is 159 Å². The molecule has 0 saturated carbocycles. The smallest absolute Gasteiger partial charge is 0.329 e. The normalized spacial score (nSPS) is 11.1. The lowest BCUT2D eigenvalue weighted by Gasteiger charge is -2.09. The van der Waals surface area contributed by atoms with E-state index in [1.54, 1.807) is 18.5 Å². The average Bonchev–Trinajstić information content (AvgIpc) is 2.97. The van der Waals surface area contributed by atoms with Gasteiger partial charge in [0.15, 0.2) is 16.3 Å². The third-order valence-corrected chi connectivity index (χ3v) is 4.97. The number of benzene rings is 1. The van der Waals surface area contributed by atoms with Crippen LogP contribution in [0.5, 0.6) is 0 Å². The van der Waals surface area contributed by atoms with Gasteiger partial charge in [0.2, 0.25) is 0 Å². The van der Waals surface area contributed by atoms with E-state index >= 15 is 0 Å². The highest BCUT2D eigenvalue weighted by molar-refractivity contribution is 7.99. The van der Waals surface area contributed by atoms with E-state index in [0.29, 0.717) is 23.8 Å². The molecule has 0 aliphatic rings. The van der Waals surface area contributed by atoms with Gasteiger partial charge in [0, 0.05) is 7.05 Å². The van der Waals surface area contributed by atoms with Crippen LogP contribution in [-0.2, 0) is 23.1 Å². The van der Waals surface area contributed by atoms with Crippen LogP contribution in [0.1, 0.15) is 18.1 Å². The first-order valence-corrected chi connectivity index (χ1v) is 9.42. The first kappa shape index (κ1) is 19.0. The molecule has 1 aromatic carbocycles. The second kappa shape index (κ2) is 7.83. The minimum absolute atomic E-state index is 0.0663. The van der Waals surface area contributed by atoms with Gasteiger partial charge in [0.25, 0.3) is 5.56 Å². The number of ether oxygens (including phenoxy) is 1. The van der Waals surface area contributed by atoms with Crippen LogP contribution in [0.15, 0.2) is 39.0 Å². The van der Waals surface area contributed by atoms with Crippen molar-refractivity contribution in [2.75, 3.05) is 12.4 Å². The molecule has 0 fully saturated rings. The van der Waals surface area contributed by atoms with Crippen molar-refractivity contribution in [3.05, 3.63) is 56.2 Å². The number of aromatic amines is 1. The number of aryl methyl sites for hydroxylation is 2.